The molecule has 0 amide bonds. The number of halogens is 1. The molecule has 16 heavy (non-hydrogen) atoms. The van der Waals surface area contributed by atoms with Crippen LogP contribution in [0.1, 0.15) is 25.3 Å². The molecule has 0 aliphatic heterocycles. The first-order valence-electron chi connectivity index (χ1n) is 5.12. The zero-order chi connectivity index (χ0) is 12.0. The molecule has 0 saturated carbocycles. The van der Waals surface area contributed by atoms with E-state index >= 15 is 0 Å². The largest absolute Gasteiger partial charge is 0.461 e. The predicted molar refractivity (Wildman–Crippen MR) is 73.0 cm³/mol. The van der Waals surface area contributed by atoms with Crippen molar-refractivity contribution in [2.45, 2.75) is 26.4 Å². The second-order valence-electron chi connectivity index (χ2n) is 3.74. The number of carbonyl (C=O) groups excluding carboxylic acids is 1. The van der Waals surface area contributed by atoms with Crippen molar-refractivity contribution in [3.05, 3.63) is 45.6 Å². The fraction of sp³-hybridized carbons (Fsp3) is 0.308. The molecule has 1 aromatic carbocycles. The number of rotatable bonds is 5. The second-order valence-corrected chi connectivity index (χ2v) is 4.99. The molecule has 0 heterocycles. The topological polar surface area (TPSA) is 26.3 Å². The highest BCUT2D eigenvalue weighted by Gasteiger charge is 2.03. The minimum absolute atomic E-state index is 0.165. The van der Waals surface area contributed by atoms with Crippen molar-refractivity contribution in [1.82, 2.24) is 0 Å². The molecule has 0 saturated heterocycles. The van der Waals surface area contributed by atoms with Gasteiger partial charge in [-0.3, -0.25) is 4.79 Å². The highest BCUT2D eigenvalue weighted by molar-refractivity contribution is 14.1. The molecule has 0 unspecified atom stereocenters. The van der Waals surface area contributed by atoms with Crippen LogP contribution in [0.4, 0.5) is 0 Å². The minimum atomic E-state index is -0.165. The van der Waals surface area contributed by atoms with Crippen molar-refractivity contribution in [1.29, 1.82) is 0 Å². The summed E-state index contributed by atoms with van der Waals surface area (Å²) in [6, 6.07) is 7.93. The molecule has 2 nitrogen and oxygen atoms in total. The van der Waals surface area contributed by atoms with E-state index in [1.54, 1.807) is 0 Å². The molecule has 0 atom stereocenters. The van der Waals surface area contributed by atoms with Gasteiger partial charge < -0.3 is 4.74 Å². The van der Waals surface area contributed by atoms with Gasteiger partial charge >= 0.3 is 5.97 Å². The van der Waals surface area contributed by atoms with Crippen molar-refractivity contribution < 1.29 is 9.53 Å². The minimum Gasteiger partial charge on any atom is -0.461 e. The lowest BCUT2D eigenvalue weighted by atomic mass is 10.2. The molecule has 86 valence electrons. The first-order valence-corrected chi connectivity index (χ1v) is 6.20. The maximum atomic E-state index is 11.3. The van der Waals surface area contributed by atoms with Crippen LogP contribution >= 0.6 is 22.6 Å². The first kappa shape index (κ1) is 13.2. The fourth-order valence-electron chi connectivity index (χ4n) is 1.13. The summed E-state index contributed by atoms with van der Waals surface area (Å²) in [7, 11) is 0. The normalized spacial score (nSPS) is 9.88. The van der Waals surface area contributed by atoms with Crippen LogP contribution in [-0.4, -0.2) is 5.97 Å². The van der Waals surface area contributed by atoms with Gasteiger partial charge in [-0.2, -0.15) is 0 Å². The summed E-state index contributed by atoms with van der Waals surface area (Å²) in [5.41, 5.74) is 2.02. The molecule has 0 radical (unpaired) electrons. The van der Waals surface area contributed by atoms with Gasteiger partial charge in [-0.25, -0.2) is 0 Å². The Morgan fingerprint density at radius 3 is 2.50 bits per heavy atom. The van der Waals surface area contributed by atoms with Gasteiger partial charge in [0.2, 0.25) is 0 Å². The summed E-state index contributed by atoms with van der Waals surface area (Å²) in [5.74, 6) is -0.165. The van der Waals surface area contributed by atoms with Gasteiger partial charge in [-0.1, -0.05) is 17.7 Å². The van der Waals surface area contributed by atoms with Gasteiger partial charge in [0.05, 0.1) is 0 Å². The van der Waals surface area contributed by atoms with Crippen LogP contribution in [0.3, 0.4) is 0 Å². The number of benzene rings is 1. The SMILES string of the molecule is C=C(C)CCC(=O)OCc1ccc(I)cc1. The molecule has 0 spiro atoms. The van der Waals surface area contributed by atoms with Crippen LogP contribution < -0.4 is 0 Å². The van der Waals surface area contributed by atoms with Crippen LogP contribution in [0.25, 0.3) is 0 Å². The van der Waals surface area contributed by atoms with Crippen molar-refractivity contribution in [3.8, 4) is 0 Å². The van der Waals surface area contributed by atoms with Crippen molar-refractivity contribution in [3.63, 3.8) is 0 Å². The molecule has 0 aliphatic carbocycles. The Morgan fingerprint density at radius 1 is 1.31 bits per heavy atom. The van der Waals surface area contributed by atoms with Crippen molar-refractivity contribution >= 4 is 28.6 Å². The van der Waals surface area contributed by atoms with Crippen molar-refractivity contribution in [2.24, 2.45) is 0 Å². The third-order valence-corrected chi connectivity index (χ3v) is 2.79. The molecule has 0 N–H and O–H groups in total. The fourth-order valence-corrected chi connectivity index (χ4v) is 1.49. The van der Waals surface area contributed by atoms with E-state index < -0.39 is 0 Å². The van der Waals surface area contributed by atoms with E-state index in [-0.39, 0.29) is 5.97 Å². The van der Waals surface area contributed by atoms with Gasteiger partial charge in [-0.15, -0.1) is 6.58 Å². The van der Waals surface area contributed by atoms with Gasteiger partial charge in [0.15, 0.2) is 0 Å². The van der Waals surface area contributed by atoms with Crippen LogP contribution in [0.15, 0.2) is 36.4 Å². The Morgan fingerprint density at radius 2 is 1.94 bits per heavy atom. The predicted octanol–water partition coefficient (Wildman–Crippen LogP) is 3.69. The van der Waals surface area contributed by atoms with Gasteiger partial charge in [-0.05, 0) is 53.6 Å². The molecule has 0 bridgehead atoms. The van der Waals surface area contributed by atoms with E-state index in [9.17, 15) is 4.79 Å². The maximum Gasteiger partial charge on any atom is 0.306 e. The summed E-state index contributed by atoms with van der Waals surface area (Å²) in [6.45, 7) is 6.01. The molecular weight excluding hydrogens is 315 g/mol. The average molecular weight is 330 g/mol. The van der Waals surface area contributed by atoms with E-state index in [1.807, 2.05) is 31.2 Å². The quantitative estimate of drug-likeness (QED) is 0.468. The van der Waals surface area contributed by atoms with E-state index in [0.29, 0.717) is 19.4 Å². The number of allylic oxidation sites excluding steroid dienone is 1. The lowest BCUT2D eigenvalue weighted by Gasteiger charge is -2.04. The standard InChI is InChI=1S/C13H15IO2/c1-10(2)3-8-13(15)16-9-11-4-6-12(14)7-5-11/h4-7H,1,3,8-9H2,2H3. The van der Waals surface area contributed by atoms with Gasteiger partial charge in [0, 0.05) is 9.99 Å². The van der Waals surface area contributed by atoms with Gasteiger partial charge in [0.1, 0.15) is 6.61 Å². The molecule has 1 aromatic rings. The molecule has 3 heteroatoms. The molecule has 0 aliphatic rings. The summed E-state index contributed by atoms with van der Waals surface area (Å²) < 4.78 is 6.31. The third kappa shape index (κ3) is 5.30. The monoisotopic (exact) mass is 330 g/mol. The smallest absolute Gasteiger partial charge is 0.306 e. The van der Waals surface area contributed by atoms with Crippen LogP contribution in [-0.2, 0) is 16.1 Å². The molecular formula is C13H15IO2. The highest BCUT2D eigenvalue weighted by atomic mass is 127. The summed E-state index contributed by atoms with van der Waals surface area (Å²) >= 11 is 2.24. The number of ether oxygens (including phenoxy) is 1. The second kappa shape index (κ2) is 6.68. The van der Waals surface area contributed by atoms with E-state index in [4.69, 9.17) is 4.74 Å². The van der Waals surface area contributed by atoms with E-state index in [0.717, 1.165) is 11.1 Å². The number of hydrogen-bond acceptors (Lipinski definition) is 2. The Balaban J connectivity index is 2.31. The van der Waals surface area contributed by atoms with E-state index in [2.05, 4.69) is 29.2 Å². The highest BCUT2D eigenvalue weighted by Crippen LogP contribution is 2.09. The van der Waals surface area contributed by atoms with Crippen LogP contribution in [0.2, 0.25) is 0 Å². The molecule has 1 rings (SSSR count). The van der Waals surface area contributed by atoms with Crippen LogP contribution in [0.5, 0.6) is 0 Å². The number of esters is 1. The molecule has 0 aromatic heterocycles. The lowest BCUT2D eigenvalue weighted by Crippen LogP contribution is -2.04. The number of carbonyl (C=O) groups is 1. The first-order chi connectivity index (χ1) is 7.58. The summed E-state index contributed by atoms with van der Waals surface area (Å²) in [6.07, 6.45) is 1.12. The average Bonchev–Trinajstić information content (AvgIpc) is 2.25. The van der Waals surface area contributed by atoms with Gasteiger partial charge in [0.25, 0.3) is 0 Å². The number of hydrogen-bond donors (Lipinski definition) is 0. The van der Waals surface area contributed by atoms with Crippen molar-refractivity contribution in [2.75, 3.05) is 0 Å². The third-order valence-electron chi connectivity index (χ3n) is 2.07. The Labute approximate surface area is 110 Å². The lowest BCUT2D eigenvalue weighted by molar-refractivity contribution is -0.144. The Bertz CT molecular complexity index is 368. The Hall–Kier alpha value is -0.840. The van der Waals surface area contributed by atoms with Crippen LogP contribution in [0, 0.1) is 3.57 Å². The zero-order valence-electron chi connectivity index (χ0n) is 9.33. The maximum absolute atomic E-state index is 11.3. The van der Waals surface area contributed by atoms with E-state index in [1.165, 1.54) is 3.57 Å². The summed E-state index contributed by atoms with van der Waals surface area (Å²) in [5, 5.41) is 0. The summed E-state index contributed by atoms with van der Waals surface area (Å²) in [4.78, 5) is 11.3. The Kier molecular flexibility index (Phi) is 5.52. The molecule has 0 fully saturated rings. The zero-order valence-corrected chi connectivity index (χ0v) is 11.5.